The molecule has 2 aromatic rings. The Morgan fingerprint density at radius 3 is 2.62 bits per heavy atom. The fourth-order valence-electron chi connectivity index (χ4n) is 1.70. The van der Waals surface area contributed by atoms with Gasteiger partial charge in [-0.05, 0) is 18.2 Å². The molecule has 0 atom stereocenters. The Morgan fingerprint density at radius 2 is 1.95 bits per heavy atom. The van der Waals surface area contributed by atoms with Crippen molar-refractivity contribution >= 4 is 11.6 Å². The minimum Gasteiger partial charge on any atom is -0.481 e. The molecule has 7 heteroatoms. The predicted molar refractivity (Wildman–Crippen MR) is 70.2 cm³/mol. The number of anilines is 1. The van der Waals surface area contributed by atoms with E-state index in [2.05, 4.69) is 10.3 Å². The van der Waals surface area contributed by atoms with E-state index in [4.69, 9.17) is 4.74 Å². The molecule has 0 spiro atoms. The number of methoxy groups -OCH3 is 1. The number of nitrogens with one attached hydrogen (secondary N) is 1. The SMILES string of the molecule is COc1cc(C(=O)Nc2ccccc2C(F)(F)F)ccn1. The Bertz CT molecular complexity index is 657. The van der Waals surface area contributed by atoms with E-state index in [0.717, 1.165) is 6.07 Å². The van der Waals surface area contributed by atoms with Gasteiger partial charge in [-0.25, -0.2) is 4.98 Å². The summed E-state index contributed by atoms with van der Waals surface area (Å²) in [7, 11) is 1.38. The minimum absolute atomic E-state index is 0.152. The summed E-state index contributed by atoms with van der Waals surface area (Å²) in [6.45, 7) is 0. The quantitative estimate of drug-likeness (QED) is 0.945. The highest BCUT2D eigenvalue weighted by molar-refractivity contribution is 6.04. The van der Waals surface area contributed by atoms with Crippen LogP contribution in [0.25, 0.3) is 0 Å². The molecule has 0 aliphatic carbocycles. The normalized spacial score (nSPS) is 11.0. The fraction of sp³-hybridized carbons (Fsp3) is 0.143. The Kier molecular flexibility index (Phi) is 4.11. The Hall–Kier alpha value is -2.57. The van der Waals surface area contributed by atoms with Crippen LogP contribution in [0.1, 0.15) is 15.9 Å². The van der Waals surface area contributed by atoms with E-state index in [9.17, 15) is 18.0 Å². The second-order valence-corrected chi connectivity index (χ2v) is 4.08. The number of para-hydroxylation sites is 1. The van der Waals surface area contributed by atoms with Gasteiger partial charge in [0.1, 0.15) is 0 Å². The number of hydrogen-bond acceptors (Lipinski definition) is 3. The summed E-state index contributed by atoms with van der Waals surface area (Å²) in [6.07, 6.45) is -3.21. The third kappa shape index (κ3) is 3.50. The summed E-state index contributed by atoms with van der Waals surface area (Å²) in [6, 6.07) is 7.49. The summed E-state index contributed by atoms with van der Waals surface area (Å²) >= 11 is 0. The van der Waals surface area contributed by atoms with Crippen molar-refractivity contribution in [2.45, 2.75) is 6.18 Å². The fourth-order valence-corrected chi connectivity index (χ4v) is 1.70. The van der Waals surface area contributed by atoms with Gasteiger partial charge in [-0.15, -0.1) is 0 Å². The van der Waals surface area contributed by atoms with Gasteiger partial charge >= 0.3 is 6.18 Å². The van der Waals surface area contributed by atoms with Crippen LogP contribution < -0.4 is 10.1 Å². The third-order valence-corrected chi connectivity index (χ3v) is 2.69. The molecule has 1 heterocycles. The van der Waals surface area contributed by atoms with Gasteiger partial charge in [0.25, 0.3) is 5.91 Å². The van der Waals surface area contributed by atoms with E-state index in [1.54, 1.807) is 0 Å². The number of hydrogen-bond donors (Lipinski definition) is 1. The molecule has 0 unspecified atom stereocenters. The molecular formula is C14H11F3N2O2. The van der Waals surface area contributed by atoms with Crippen LogP contribution in [0.5, 0.6) is 5.88 Å². The molecule has 1 aromatic carbocycles. The lowest BCUT2D eigenvalue weighted by Gasteiger charge is -2.13. The average molecular weight is 296 g/mol. The van der Waals surface area contributed by atoms with E-state index in [1.165, 1.54) is 43.6 Å². The number of carbonyl (C=O) groups excluding carboxylic acids is 1. The highest BCUT2D eigenvalue weighted by atomic mass is 19.4. The van der Waals surface area contributed by atoms with Crippen LogP contribution in [-0.4, -0.2) is 18.0 Å². The van der Waals surface area contributed by atoms with Crippen LogP contribution in [0.3, 0.4) is 0 Å². The lowest BCUT2D eigenvalue weighted by Crippen LogP contribution is -2.16. The number of nitrogens with zero attached hydrogens (tertiary/aromatic N) is 1. The molecule has 4 nitrogen and oxygen atoms in total. The molecule has 2 rings (SSSR count). The van der Waals surface area contributed by atoms with E-state index in [0.29, 0.717) is 0 Å². The van der Waals surface area contributed by atoms with Gasteiger partial charge < -0.3 is 10.1 Å². The molecule has 0 fully saturated rings. The lowest BCUT2D eigenvalue weighted by atomic mass is 10.1. The van der Waals surface area contributed by atoms with Gasteiger partial charge in [-0.3, -0.25) is 4.79 Å². The predicted octanol–water partition coefficient (Wildman–Crippen LogP) is 3.36. The minimum atomic E-state index is -4.54. The van der Waals surface area contributed by atoms with Crippen LogP contribution >= 0.6 is 0 Å². The molecule has 0 bridgehead atoms. The zero-order valence-electron chi connectivity index (χ0n) is 10.9. The molecule has 0 radical (unpaired) electrons. The number of amides is 1. The molecule has 0 aliphatic rings. The smallest absolute Gasteiger partial charge is 0.418 e. The van der Waals surface area contributed by atoms with E-state index in [1.807, 2.05) is 0 Å². The van der Waals surface area contributed by atoms with E-state index >= 15 is 0 Å². The molecule has 1 aromatic heterocycles. The Morgan fingerprint density at radius 1 is 1.24 bits per heavy atom. The van der Waals surface area contributed by atoms with Crippen molar-refractivity contribution in [3.8, 4) is 5.88 Å². The van der Waals surface area contributed by atoms with Crippen LogP contribution in [0.4, 0.5) is 18.9 Å². The molecule has 0 saturated heterocycles. The number of aromatic nitrogens is 1. The second-order valence-electron chi connectivity index (χ2n) is 4.08. The van der Waals surface area contributed by atoms with Crippen molar-refractivity contribution in [1.82, 2.24) is 4.98 Å². The van der Waals surface area contributed by atoms with Gasteiger partial charge in [0.2, 0.25) is 5.88 Å². The van der Waals surface area contributed by atoms with Gasteiger partial charge in [-0.1, -0.05) is 12.1 Å². The molecule has 110 valence electrons. The van der Waals surface area contributed by atoms with Crippen molar-refractivity contribution in [3.63, 3.8) is 0 Å². The van der Waals surface area contributed by atoms with Crippen molar-refractivity contribution < 1.29 is 22.7 Å². The molecule has 21 heavy (non-hydrogen) atoms. The summed E-state index contributed by atoms with van der Waals surface area (Å²) in [5.74, 6) is -0.473. The maximum Gasteiger partial charge on any atom is 0.418 e. The standard InChI is InChI=1S/C14H11F3N2O2/c1-21-12-8-9(6-7-18-12)13(20)19-11-5-3-2-4-10(11)14(15,16)17/h2-8H,1H3,(H,19,20). The Balaban J connectivity index is 2.28. The second kappa shape index (κ2) is 5.82. The molecule has 0 saturated carbocycles. The number of benzene rings is 1. The van der Waals surface area contributed by atoms with Crippen molar-refractivity contribution in [2.24, 2.45) is 0 Å². The van der Waals surface area contributed by atoms with Crippen LogP contribution in [0.2, 0.25) is 0 Å². The largest absolute Gasteiger partial charge is 0.481 e. The van der Waals surface area contributed by atoms with E-state index in [-0.39, 0.29) is 17.1 Å². The number of carbonyl (C=O) groups is 1. The molecule has 1 amide bonds. The van der Waals surface area contributed by atoms with Crippen LogP contribution in [0.15, 0.2) is 42.6 Å². The average Bonchev–Trinajstić information content (AvgIpc) is 2.46. The number of halogens is 3. The van der Waals surface area contributed by atoms with E-state index < -0.39 is 17.6 Å². The van der Waals surface area contributed by atoms with Gasteiger partial charge in [0.15, 0.2) is 0 Å². The topological polar surface area (TPSA) is 51.2 Å². The maximum atomic E-state index is 12.8. The van der Waals surface area contributed by atoms with Crippen LogP contribution in [-0.2, 0) is 6.18 Å². The number of pyridine rings is 1. The number of rotatable bonds is 3. The maximum absolute atomic E-state index is 12.8. The molecular weight excluding hydrogens is 285 g/mol. The Labute approximate surface area is 118 Å². The first kappa shape index (κ1) is 14.8. The van der Waals surface area contributed by atoms with Crippen molar-refractivity contribution in [3.05, 3.63) is 53.7 Å². The zero-order valence-corrected chi connectivity index (χ0v) is 10.9. The lowest BCUT2D eigenvalue weighted by molar-refractivity contribution is -0.136. The molecule has 0 aliphatic heterocycles. The monoisotopic (exact) mass is 296 g/mol. The number of alkyl halides is 3. The summed E-state index contributed by atoms with van der Waals surface area (Å²) < 4.78 is 43.4. The van der Waals surface area contributed by atoms with Gasteiger partial charge in [0.05, 0.1) is 18.4 Å². The summed E-state index contributed by atoms with van der Waals surface area (Å²) in [4.78, 5) is 15.8. The van der Waals surface area contributed by atoms with Crippen LogP contribution in [0, 0.1) is 0 Å². The first-order chi connectivity index (χ1) is 9.91. The van der Waals surface area contributed by atoms with Crippen molar-refractivity contribution in [2.75, 3.05) is 12.4 Å². The highest BCUT2D eigenvalue weighted by Gasteiger charge is 2.33. The third-order valence-electron chi connectivity index (χ3n) is 2.69. The zero-order chi connectivity index (χ0) is 15.5. The molecule has 1 N–H and O–H groups in total. The van der Waals surface area contributed by atoms with Gasteiger partial charge in [0, 0.05) is 17.8 Å². The highest BCUT2D eigenvalue weighted by Crippen LogP contribution is 2.34. The van der Waals surface area contributed by atoms with Gasteiger partial charge in [-0.2, -0.15) is 13.2 Å². The first-order valence-corrected chi connectivity index (χ1v) is 5.89. The number of ether oxygens (including phenoxy) is 1. The summed E-state index contributed by atoms with van der Waals surface area (Å²) in [5, 5.41) is 2.24. The van der Waals surface area contributed by atoms with Crippen molar-refractivity contribution in [1.29, 1.82) is 0 Å². The first-order valence-electron chi connectivity index (χ1n) is 5.89. The summed E-state index contributed by atoms with van der Waals surface area (Å²) in [5.41, 5.74) is -1.05.